The molecule has 0 aliphatic carbocycles. The number of rotatable bonds is 9. The van der Waals surface area contributed by atoms with E-state index in [1.54, 1.807) is 13.8 Å². The quantitative estimate of drug-likeness (QED) is 0.320. The minimum absolute atomic E-state index is 0.250. The van der Waals surface area contributed by atoms with Crippen molar-refractivity contribution in [1.29, 1.82) is 0 Å². The van der Waals surface area contributed by atoms with Gasteiger partial charge in [-0.15, -0.1) is 0 Å². The number of carbonyl (C=O) groups is 3. The molecule has 2 aromatic rings. The van der Waals surface area contributed by atoms with Gasteiger partial charge in [-0.3, -0.25) is 0 Å². The monoisotopic (exact) mass is 503 g/mol. The van der Waals surface area contributed by atoms with Crippen molar-refractivity contribution in [2.24, 2.45) is 0 Å². The largest absolute Gasteiger partial charge is 0.479 e. The lowest BCUT2D eigenvalue weighted by Gasteiger charge is -2.26. The van der Waals surface area contributed by atoms with Gasteiger partial charge in [0.05, 0.1) is 0 Å². The molecule has 3 rings (SSSR count). The summed E-state index contributed by atoms with van der Waals surface area (Å²) in [6.07, 6.45) is -2.17. The molecular weight excluding hydrogens is 470 g/mol. The number of nitrogens with one attached hydrogen (secondary N) is 1. The maximum Gasteiger partial charge on any atom is 0.350 e. The number of aliphatic hydroxyl groups is 2. The number of esters is 1. The second-order valence-electron chi connectivity index (χ2n) is 8.86. The van der Waals surface area contributed by atoms with E-state index in [-0.39, 0.29) is 12.6 Å². The first-order chi connectivity index (χ1) is 17.0. The summed E-state index contributed by atoms with van der Waals surface area (Å²) >= 11 is 0. The molecule has 0 bridgehead atoms. The van der Waals surface area contributed by atoms with Crippen LogP contribution in [0.2, 0.25) is 0 Å². The van der Waals surface area contributed by atoms with E-state index >= 15 is 0 Å². The Labute approximate surface area is 209 Å². The maximum absolute atomic E-state index is 12.5. The van der Waals surface area contributed by atoms with Crippen molar-refractivity contribution in [2.75, 3.05) is 13.1 Å². The minimum atomic E-state index is -2.27. The molecule has 0 aromatic heterocycles. The van der Waals surface area contributed by atoms with Crippen LogP contribution in [0, 0.1) is 0 Å². The molecule has 1 aliphatic heterocycles. The summed E-state index contributed by atoms with van der Waals surface area (Å²) in [5, 5.41) is 36.0. The Kier molecular flexibility index (Phi) is 10.8. The molecule has 10 nitrogen and oxygen atoms in total. The van der Waals surface area contributed by atoms with Gasteiger partial charge in [0.2, 0.25) is 0 Å². The van der Waals surface area contributed by atoms with Crippen molar-refractivity contribution in [2.45, 2.75) is 57.0 Å². The van der Waals surface area contributed by atoms with Crippen LogP contribution in [0.1, 0.15) is 43.7 Å². The first-order valence-electron chi connectivity index (χ1n) is 11.5. The van der Waals surface area contributed by atoms with Crippen molar-refractivity contribution in [3.05, 3.63) is 65.7 Å². The first-order valence-corrected chi connectivity index (χ1v) is 11.5. The Morgan fingerprint density at radius 2 is 1.64 bits per heavy atom. The highest BCUT2D eigenvalue weighted by Crippen LogP contribution is 2.28. The summed E-state index contributed by atoms with van der Waals surface area (Å²) in [4.78, 5) is 32.0. The molecule has 5 N–H and O–H groups in total. The van der Waals surface area contributed by atoms with Crippen LogP contribution in [0.25, 0.3) is 0 Å². The zero-order valence-corrected chi connectivity index (χ0v) is 20.3. The van der Waals surface area contributed by atoms with Gasteiger partial charge in [0, 0.05) is 6.54 Å². The van der Waals surface area contributed by atoms with Crippen molar-refractivity contribution >= 4 is 17.9 Å². The maximum atomic E-state index is 12.5. The molecule has 0 unspecified atom stereocenters. The van der Waals surface area contributed by atoms with Crippen LogP contribution in [0.5, 0.6) is 5.75 Å². The van der Waals surface area contributed by atoms with E-state index in [0.29, 0.717) is 11.7 Å². The fourth-order valence-electron chi connectivity index (χ4n) is 3.47. The van der Waals surface area contributed by atoms with Gasteiger partial charge < -0.3 is 35.2 Å². The normalized spacial score (nSPS) is 17.1. The number of carbonyl (C=O) groups excluding carboxylic acids is 1. The van der Waals surface area contributed by atoms with Crippen LogP contribution in [0.3, 0.4) is 0 Å². The molecule has 2 aromatic carbocycles. The Balaban J connectivity index is 0.000000388. The first kappa shape index (κ1) is 28.8. The standard InChI is InChI=1S/C22H27NO3.C4H6O6/c1-22(2,21(24)25-16-17-8-4-3-5-9-17)26-20-12-6-10-18(14-20)19-11-7-13-23-15-19;5-1(3(7)8)2(6)4(9)10/h3-6,8-10,12,14,19,23H,7,11,13,15-16H2,1-2H3;1-2,5-6H,(H,7,8)(H,9,10)/t19-;1-,2-/m11/s1. The number of benzene rings is 2. The van der Waals surface area contributed by atoms with E-state index in [4.69, 9.17) is 29.9 Å². The summed E-state index contributed by atoms with van der Waals surface area (Å²) in [6, 6.07) is 17.7. The van der Waals surface area contributed by atoms with Crippen LogP contribution in [-0.2, 0) is 25.7 Å². The molecule has 0 saturated carbocycles. The number of piperidine rings is 1. The third-order valence-corrected chi connectivity index (χ3v) is 5.51. The van der Waals surface area contributed by atoms with E-state index < -0.39 is 29.7 Å². The van der Waals surface area contributed by atoms with Gasteiger partial charge in [-0.2, -0.15) is 0 Å². The zero-order valence-electron chi connectivity index (χ0n) is 20.3. The Morgan fingerprint density at radius 3 is 2.19 bits per heavy atom. The predicted octanol–water partition coefficient (Wildman–Crippen LogP) is 1.93. The van der Waals surface area contributed by atoms with E-state index in [9.17, 15) is 14.4 Å². The fraction of sp³-hybridized carbons (Fsp3) is 0.423. The molecule has 0 amide bonds. The average Bonchev–Trinajstić information content (AvgIpc) is 2.87. The van der Waals surface area contributed by atoms with Gasteiger partial charge >= 0.3 is 17.9 Å². The summed E-state index contributed by atoms with van der Waals surface area (Å²) in [5.74, 6) is -2.70. The number of carboxylic acid groups (broad SMARTS) is 2. The van der Waals surface area contributed by atoms with Gasteiger partial charge in [0.25, 0.3) is 0 Å². The van der Waals surface area contributed by atoms with Crippen LogP contribution in [-0.4, -0.2) is 69.2 Å². The van der Waals surface area contributed by atoms with E-state index in [1.807, 2.05) is 48.5 Å². The molecule has 1 saturated heterocycles. The number of carboxylic acids is 2. The Morgan fingerprint density at radius 1 is 1.00 bits per heavy atom. The van der Waals surface area contributed by atoms with Gasteiger partial charge in [0.15, 0.2) is 17.8 Å². The fourth-order valence-corrected chi connectivity index (χ4v) is 3.47. The molecule has 1 aliphatic rings. The third kappa shape index (κ3) is 8.95. The highest BCUT2D eigenvalue weighted by Gasteiger charge is 2.32. The highest BCUT2D eigenvalue weighted by atomic mass is 16.6. The summed E-state index contributed by atoms with van der Waals surface area (Å²) in [6.45, 7) is 5.82. The second-order valence-corrected chi connectivity index (χ2v) is 8.86. The number of aliphatic carboxylic acids is 2. The highest BCUT2D eigenvalue weighted by molar-refractivity contribution is 5.83. The Bertz CT molecular complexity index is 985. The van der Waals surface area contributed by atoms with Crippen molar-refractivity contribution < 1.29 is 44.3 Å². The van der Waals surface area contributed by atoms with E-state index in [2.05, 4.69) is 11.4 Å². The van der Waals surface area contributed by atoms with Crippen molar-refractivity contribution in [3.8, 4) is 5.75 Å². The molecule has 0 radical (unpaired) electrons. The number of ether oxygens (including phenoxy) is 2. The Hall–Kier alpha value is -3.47. The van der Waals surface area contributed by atoms with Crippen LogP contribution in [0.15, 0.2) is 54.6 Å². The van der Waals surface area contributed by atoms with Crippen molar-refractivity contribution in [3.63, 3.8) is 0 Å². The molecule has 1 heterocycles. The molecular formula is C26H33NO9. The summed E-state index contributed by atoms with van der Waals surface area (Å²) in [7, 11) is 0. The molecule has 196 valence electrons. The van der Waals surface area contributed by atoms with Gasteiger partial charge in [-0.05, 0) is 62.4 Å². The minimum Gasteiger partial charge on any atom is -0.479 e. The molecule has 3 atom stereocenters. The number of hydrogen-bond acceptors (Lipinski definition) is 8. The van der Waals surface area contributed by atoms with Gasteiger partial charge in [0.1, 0.15) is 12.4 Å². The lowest BCUT2D eigenvalue weighted by Crippen LogP contribution is -2.39. The lowest BCUT2D eigenvalue weighted by atomic mass is 9.91. The van der Waals surface area contributed by atoms with Crippen LogP contribution >= 0.6 is 0 Å². The van der Waals surface area contributed by atoms with Crippen LogP contribution in [0.4, 0.5) is 0 Å². The van der Waals surface area contributed by atoms with Crippen molar-refractivity contribution in [1.82, 2.24) is 5.32 Å². The van der Waals surface area contributed by atoms with E-state index in [0.717, 1.165) is 18.7 Å². The average molecular weight is 504 g/mol. The molecule has 36 heavy (non-hydrogen) atoms. The zero-order chi connectivity index (χ0) is 26.7. The SMILES string of the molecule is CC(C)(Oc1cccc([C@@H]2CCCNC2)c1)C(=O)OCc1ccccc1.O=C(O)[C@H](O)[C@@H](O)C(=O)O. The van der Waals surface area contributed by atoms with Gasteiger partial charge in [-0.1, -0.05) is 42.5 Å². The predicted molar refractivity (Wildman–Crippen MR) is 130 cm³/mol. The summed E-state index contributed by atoms with van der Waals surface area (Å²) < 4.78 is 11.4. The number of hydrogen-bond donors (Lipinski definition) is 5. The smallest absolute Gasteiger partial charge is 0.350 e. The molecule has 0 spiro atoms. The summed E-state index contributed by atoms with van der Waals surface area (Å²) in [5.41, 5.74) is 1.17. The van der Waals surface area contributed by atoms with E-state index in [1.165, 1.54) is 18.4 Å². The van der Waals surface area contributed by atoms with Gasteiger partial charge in [-0.25, -0.2) is 14.4 Å². The lowest BCUT2D eigenvalue weighted by molar-refractivity contribution is -0.165. The number of aliphatic hydroxyl groups excluding tert-OH is 2. The van der Waals surface area contributed by atoms with Crippen LogP contribution < -0.4 is 10.1 Å². The second kappa shape index (κ2) is 13.6. The molecule has 10 heteroatoms. The topological polar surface area (TPSA) is 163 Å². The third-order valence-electron chi connectivity index (χ3n) is 5.51. The molecule has 1 fully saturated rings.